The van der Waals surface area contributed by atoms with Crippen molar-refractivity contribution in [2.45, 2.75) is 20.1 Å². The van der Waals surface area contributed by atoms with Gasteiger partial charge in [0.2, 0.25) is 5.95 Å². The van der Waals surface area contributed by atoms with Crippen molar-refractivity contribution >= 4 is 12.2 Å². The Kier molecular flexibility index (Phi) is 5.87. The topological polar surface area (TPSA) is 101 Å². The predicted octanol–water partition coefficient (Wildman–Crippen LogP) is 2.12. The Balaban J connectivity index is 2.18. The number of aromatic nitrogens is 3. The molecule has 0 amide bonds. The van der Waals surface area contributed by atoms with E-state index in [9.17, 15) is 22.4 Å². The van der Waals surface area contributed by atoms with Crippen LogP contribution in [0.1, 0.15) is 11.3 Å². The zero-order valence-corrected chi connectivity index (χ0v) is 12.5. The number of aryl methyl sites for hydroxylation is 1. The SMILES string of the molecule is Cc1nnc(N/N=C\c2ccc(OC(F)F)cc2OC(F)F)[nH]c1=O. The van der Waals surface area contributed by atoms with Crippen LogP contribution in [0.15, 0.2) is 28.1 Å². The highest BCUT2D eigenvalue weighted by atomic mass is 19.3. The number of hydrazone groups is 1. The van der Waals surface area contributed by atoms with Crippen molar-refractivity contribution in [3.63, 3.8) is 0 Å². The number of hydrogen-bond donors (Lipinski definition) is 2. The lowest BCUT2D eigenvalue weighted by Crippen LogP contribution is -2.15. The number of nitrogens with zero attached hydrogens (tertiary/aromatic N) is 3. The summed E-state index contributed by atoms with van der Waals surface area (Å²) in [6.07, 6.45) is 1.06. The third-order valence-corrected chi connectivity index (χ3v) is 2.66. The van der Waals surface area contributed by atoms with Crippen LogP contribution in [0.4, 0.5) is 23.5 Å². The monoisotopic (exact) mass is 361 g/mol. The first-order valence-electron chi connectivity index (χ1n) is 6.61. The fourth-order valence-electron chi connectivity index (χ4n) is 1.60. The van der Waals surface area contributed by atoms with E-state index in [1.54, 1.807) is 0 Å². The van der Waals surface area contributed by atoms with E-state index in [0.29, 0.717) is 0 Å². The second-order valence-corrected chi connectivity index (χ2v) is 4.41. The molecule has 0 aliphatic rings. The lowest BCUT2D eigenvalue weighted by atomic mass is 10.2. The molecule has 0 saturated heterocycles. The third kappa shape index (κ3) is 5.44. The lowest BCUT2D eigenvalue weighted by molar-refractivity contribution is -0.0543. The van der Waals surface area contributed by atoms with Gasteiger partial charge in [0, 0.05) is 11.6 Å². The van der Waals surface area contributed by atoms with Crippen molar-refractivity contribution in [3.8, 4) is 11.5 Å². The highest BCUT2D eigenvalue weighted by Gasteiger charge is 2.12. The number of benzene rings is 1. The van der Waals surface area contributed by atoms with E-state index in [4.69, 9.17) is 0 Å². The van der Waals surface area contributed by atoms with Crippen molar-refractivity contribution < 1.29 is 27.0 Å². The summed E-state index contributed by atoms with van der Waals surface area (Å²) in [4.78, 5) is 13.7. The molecule has 0 fully saturated rings. The maximum absolute atomic E-state index is 12.4. The molecule has 1 aromatic carbocycles. The van der Waals surface area contributed by atoms with Crippen molar-refractivity contribution in [1.82, 2.24) is 15.2 Å². The van der Waals surface area contributed by atoms with Crippen molar-refractivity contribution in [3.05, 3.63) is 39.8 Å². The van der Waals surface area contributed by atoms with Gasteiger partial charge in [-0.15, -0.1) is 10.2 Å². The molecule has 0 saturated carbocycles. The van der Waals surface area contributed by atoms with Crippen LogP contribution < -0.4 is 20.5 Å². The zero-order chi connectivity index (χ0) is 18.4. The fourth-order valence-corrected chi connectivity index (χ4v) is 1.60. The van der Waals surface area contributed by atoms with E-state index >= 15 is 0 Å². The van der Waals surface area contributed by atoms with Gasteiger partial charge in [-0.25, -0.2) is 5.43 Å². The Labute approximate surface area is 137 Å². The molecule has 0 unspecified atom stereocenters. The molecular weight excluding hydrogens is 350 g/mol. The van der Waals surface area contributed by atoms with Gasteiger partial charge in [-0.1, -0.05) is 0 Å². The molecule has 0 spiro atoms. The second kappa shape index (κ2) is 8.08. The van der Waals surface area contributed by atoms with E-state index in [2.05, 4.69) is 35.2 Å². The highest BCUT2D eigenvalue weighted by Crippen LogP contribution is 2.26. The average Bonchev–Trinajstić information content (AvgIpc) is 2.51. The van der Waals surface area contributed by atoms with Gasteiger partial charge in [0.15, 0.2) is 0 Å². The minimum atomic E-state index is -3.18. The Morgan fingerprint density at radius 3 is 2.56 bits per heavy atom. The summed E-state index contributed by atoms with van der Waals surface area (Å²) in [7, 11) is 0. The van der Waals surface area contributed by atoms with E-state index in [-0.39, 0.29) is 23.0 Å². The zero-order valence-electron chi connectivity index (χ0n) is 12.5. The Hall–Kier alpha value is -3.18. The van der Waals surface area contributed by atoms with Gasteiger partial charge < -0.3 is 9.47 Å². The van der Waals surface area contributed by atoms with Gasteiger partial charge in [-0.3, -0.25) is 9.78 Å². The lowest BCUT2D eigenvalue weighted by Gasteiger charge is -2.10. The summed E-state index contributed by atoms with van der Waals surface area (Å²) in [6, 6.07) is 3.18. The van der Waals surface area contributed by atoms with E-state index in [1.807, 2.05) is 0 Å². The molecule has 2 rings (SSSR count). The largest absolute Gasteiger partial charge is 0.435 e. The summed E-state index contributed by atoms with van der Waals surface area (Å²) in [5.74, 6) is -0.868. The van der Waals surface area contributed by atoms with Crippen LogP contribution in [-0.4, -0.2) is 34.6 Å². The maximum Gasteiger partial charge on any atom is 0.387 e. The third-order valence-electron chi connectivity index (χ3n) is 2.66. The summed E-state index contributed by atoms with van der Waals surface area (Å²) in [6.45, 7) is -4.84. The van der Waals surface area contributed by atoms with E-state index < -0.39 is 24.5 Å². The standard InChI is InChI=1S/C13H11F4N5O3/c1-6-10(23)19-13(22-20-6)21-18-5-7-2-3-8(24-11(14)15)4-9(7)25-12(16)17/h2-5,11-12H,1H3,(H2,19,21,22,23)/b18-5-. The van der Waals surface area contributed by atoms with Crippen LogP contribution >= 0.6 is 0 Å². The number of rotatable bonds is 7. The number of halogens is 4. The first kappa shape index (κ1) is 18.2. The summed E-state index contributed by atoms with van der Waals surface area (Å²) < 4.78 is 57.6. The molecule has 8 nitrogen and oxygen atoms in total. The van der Waals surface area contributed by atoms with Gasteiger partial charge in [-0.05, 0) is 19.1 Å². The second-order valence-electron chi connectivity index (χ2n) is 4.41. The number of hydrogen-bond acceptors (Lipinski definition) is 7. The molecule has 1 aromatic heterocycles. The van der Waals surface area contributed by atoms with Gasteiger partial charge in [0.25, 0.3) is 5.56 Å². The number of alkyl halides is 4. The molecule has 2 aromatic rings. The molecule has 12 heteroatoms. The number of nitrogens with one attached hydrogen (secondary N) is 2. The highest BCUT2D eigenvalue weighted by molar-refractivity contribution is 5.84. The van der Waals surface area contributed by atoms with Crippen molar-refractivity contribution in [2.24, 2.45) is 5.10 Å². The normalized spacial score (nSPS) is 11.3. The van der Waals surface area contributed by atoms with E-state index in [1.165, 1.54) is 13.0 Å². The minimum Gasteiger partial charge on any atom is -0.435 e. The fraction of sp³-hybridized carbons (Fsp3) is 0.231. The van der Waals surface area contributed by atoms with Gasteiger partial charge >= 0.3 is 13.2 Å². The van der Waals surface area contributed by atoms with Gasteiger partial charge in [-0.2, -0.15) is 22.7 Å². The summed E-state index contributed by atoms with van der Waals surface area (Å²) in [5, 5.41) is 10.8. The smallest absolute Gasteiger partial charge is 0.387 e. The Bertz CT molecular complexity index is 812. The molecule has 0 radical (unpaired) electrons. The molecular formula is C13H11F4N5O3. The number of ether oxygens (including phenoxy) is 2. The average molecular weight is 361 g/mol. The molecule has 0 aliphatic carbocycles. The molecule has 2 N–H and O–H groups in total. The van der Waals surface area contributed by atoms with Gasteiger partial charge in [0.05, 0.1) is 6.21 Å². The number of anilines is 1. The molecule has 0 bridgehead atoms. The van der Waals surface area contributed by atoms with Gasteiger partial charge in [0.1, 0.15) is 17.2 Å². The Morgan fingerprint density at radius 1 is 1.20 bits per heavy atom. The van der Waals surface area contributed by atoms with Crippen LogP contribution in [0, 0.1) is 6.92 Å². The Morgan fingerprint density at radius 2 is 1.92 bits per heavy atom. The van der Waals surface area contributed by atoms with Crippen molar-refractivity contribution in [1.29, 1.82) is 0 Å². The first-order valence-corrected chi connectivity index (χ1v) is 6.61. The molecule has 134 valence electrons. The summed E-state index contributed by atoms with van der Waals surface area (Å²) in [5.41, 5.74) is 2.04. The molecule has 25 heavy (non-hydrogen) atoms. The quantitative estimate of drug-likeness (QED) is 0.445. The maximum atomic E-state index is 12.4. The first-order chi connectivity index (χ1) is 11.8. The molecule has 0 atom stereocenters. The minimum absolute atomic E-state index is 0.0387. The van der Waals surface area contributed by atoms with Crippen molar-refractivity contribution in [2.75, 3.05) is 5.43 Å². The van der Waals surface area contributed by atoms with Crippen LogP contribution in [0.5, 0.6) is 11.5 Å². The van der Waals surface area contributed by atoms with Crippen LogP contribution in [-0.2, 0) is 0 Å². The van der Waals surface area contributed by atoms with E-state index in [0.717, 1.165) is 18.3 Å². The van der Waals surface area contributed by atoms with Crippen LogP contribution in [0.3, 0.4) is 0 Å². The number of H-pyrrole nitrogens is 1. The summed E-state index contributed by atoms with van der Waals surface area (Å²) >= 11 is 0. The molecule has 1 heterocycles. The van der Waals surface area contributed by atoms with Crippen LogP contribution in [0.25, 0.3) is 0 Å². The molecule has 0 aliphatic heterocycles. The van der Waals surface area contributed by atoms with Crippen LogP contribution in [0.2, 0.25) is 0 Å². The number of aromatic amines is 1. The predicted molar refractivity (Wildman–Crippen MR) is 78.3 cm³/mol.